The highest BCUT2D eigenvalue weighted by Crippen LogP contribution is 2.15. The van der Waals surface area contributed by atoms with Gasteiger partial charge in [-0.05, 0) is 48.9 Å². The first-order chi connectivity index (χ1) is 11.7. The van der Waals surface area contributed by atoms with Gasteiger partial charge in [0.05, 0.1) is 6.20 Å². The van der Waals surface area contributed by atoms with Gasteiger partial charge in [-0.2, -0.15) is 10.1 Å². The van der Waals surface area contributed by atoms with Gasteiger partial charge in [-0.15, -0.1) is 5.10 Å². The molecule has 0 amide bonds. The van der Waals surface area contributed by atoms with Crippen LogP contribution in [-0.2, 0) is 6.54 Å². The van der Waals surface area contributed by atoms with E-state index in [0.29, 0.717) is 23.9 Å². The molecule has 0 aliphatic rings. The zero-order valence-corrected chi connectivity index (χ0v) is 13.1. The van der Waals surface area contributed by atoms with Gasteiger partial charge in [0.25, 0.3) is 0 Å². The third-order valence-electron chi connectivity index (χ3n) is 3.32. The number of aromatic nitrogens is 4. The van der Waals surface area contributed by atoms with Gasteiger partial charge in [0.15, 0.2) is 11.6 Å². The molecule has 0 bridgehead atoms. The van der Waals surface area contributed by atoms with Crippen molar-refractivity contribution >= 4 is 23.2 Å². The summed E-state index contributed by atoms with van der Waals surface area (Å²) in [6, 6.07) is 11.0. The fraction of sp³-hybridized carbons (Fsp3) is 0.118. The molecule has 2 heterocycles. The number of rotatable bonds is 6. The van der Waals surface area contributed by atoms with Crippen LogP contribution in [0.5, 0.6) is 0 Å². The van der Waals surface area contributed by atoms with E-state index in [2.05, 4.69) is 30.8 Å². The SMILES string of the molecule is CC(=O)c1ccc(Nc2cnnc(NCc3ccncc3)n2)cc1. The van der Waals surface area contributed by atoms with Gasteiger partial charge in [-0.3, -0.25) is 9.78 Å². The summed E-state index contributed by atoms with van der Waals surface area (Å²) in [6.45, 7) is 2.12. The molecular weight excluding hydrogens is 304 g/mol. The zero-order chi connectivity index (χ0) is 16.8. The van der Waals surface area contributed by atoms with Crippen LogP contribution < -0.4 is 10.6 Å². The summed E-state index contributed by atoms with van der Waals surface area (Å²) < 4.78 is 0. The first-order valence-corrected chi connectivity index (χ1v) is 7.41. The Morgan fingerprint density at radius 3 is 2.54 bits per heavy atom. The lowest BCUT2D eigenvalue weighted by Gasteiger charge is -2.08. The predicted octanol–water partition coefficient (Wildman–Crippen LogP) is 2.82. The molecule has 0 saturated carbocycles. The van der Waals surface area contributed by atoms with Crippen molar-refractivity contribution in [2.45, 2.75) is 13.5 Å². The van der Waals surface area contributed by atoms with Gasteiger partial charge in [0, 0.05) is 30.2 Å². The summed E-state index contributed by atoms with van der Waals surface area (Å²) in [4.78, 5) is 19.6. The smallest absolute Gasteiger partial charge is 0.244 e. The molecular formula is C17H16N6O. The van der Waals surface area contributed by atoms with Crippen molar-refractivity contribution in [1.29, 1.82) is 0 Å². The lowest BCUT2D eigenvalue weighted by Crippen LogP contribution is -2.06. The van der Waals surface area contributed by atoms with Crippen molar-refractivity contribution in [2.75, 3.05) is 10.6 Å². The van der Waals surface area contributed by atoms with Crippen LogP contribution in [0.15, 0.2) is 55.0 Å². The first-order valence-electron chi connectivity index (χ1n) is 7.41. The maximum atomic E-state index is 11.3. The van der Waals surface area contributed by atoms with E-state index in [1.165, 1.54) is 13.1 Å². The highest BCUT2D eigenvalue weighted by atomic mass is 16.1. The molecule has 2 N–H and O–H groups in total. The monoisotopic (exact) mass is 320 g/mol. The molecule has 0 fully saturated rings. The molecule has 0 atom stereocenters. The third-order valence-corrected chi connectivity index (χ3v) is 3.32. The van der Waals surface area contributed by atoms with Crippen LogP contribution in [-0.4, -0.2) is 25.9 Å². The van der Waals surface area contributed by atoms with Crippen LogP contribution in [0.3, 0.4) is 0 Å². The van der Waals surface area contributed by atoms with Crippen LogP contribution in [0.2, 0.25) is 0 Å². The number of pyridine rings is 1. The highest BCUT2D eigenvalue weighted by Gasteiger charge is 2.03. The van der Waals surface area contributed by atoms with Crippen molar-refractivity contribution in [1.82, 2.24) is 20.2 Å². The van der Waals surface area contributed by atoms with E-state index in [0.717, 1.165) is 11.3 Å². The van der Waals surface area contributed by atoms with Crippen LogP contribution in [0.4, 0.5) is 17.5 Å². The van der Waals surface area contributed by atoms with E-state index < -0.39 is 0 Å². The Bertz CT molecular complexity index is 820. The van der Waals surface area contributed by atoms with Gasteiger partial charge in [0.2, 0.25) is 5.95 Å². The average molecular weight is 320 g/mol. The van der Waals surface area contributed by atoms with Gasteiger partial charge in [-0.25, -0.2) is 0 Å². The molecule has 0 aliphatic heterocycles. The molecule has 0 aliphatic carbocycles. The molecule has 0 unspecified atom stereocenters. The molecule has 24 heavy (non-hydrogen) atoms. The summed E-state index contributed by atoms with van der Waals surface area (Å²) in [5, 5.41) is 14.1. The van der Waals surface area contributed by atoms with Crippen molar-refractivity contribution in [3.05, 3.63) is 66.1 Å². The van der Waals surface area contributed by atoms with Crippen molar-refractivity contribution in [3.8, 4) is 0 Å². The number of ketones is 1. The first kappa shape index (κ1) is 15.5. The van der Waals surface area contributed by atoms with Crippen molar-refractivity contribution in [2.24, 2.45) is 0 Å². The van der Waals surface area contributed by atoms with E-state index in [1.54, 1.807) is 24.5 Å². The number of anilines is 3. The zero-order valence-electron chi connectivity index (χ0n) is 13.1. The molecule has 7 heteroatoms. The number of carbonyl (C=O) groups excluding carboxylic acids is 1. The number of hydrogen-bond donors (Lipinski definition) is 2. The predicted molar refractivity (Wildman–Crippen MR) is 91.1 cm³/mol. The maximum Gasteiger partial charge on any atom is 0.244 e. The standard InChI is InChI=1S/C17H16N6O/c1-12(24)14-2-4-15(5-3-14)21-16-11-20-23-17(22-16)19-10-13-6-8-18-9-7-13/h2-9,11H,10H2,1H3,(H2,19,21,22,23). The molecule has 0 saturated heterocycles. The molecule has 0 spiro atoms. The third kappa shape index (κ3) is 4.10. The van der Waals surface area contributed by atoms with Crippen LogP contribution in [0, 0.1) is 0 Å². The fourth-order valence-electron chi connectivity index (χ4n) is 2.06. The molecule has 7 nitrogen and oxygen atoms in total. The number of nitrogens with zero attached hydrogens (tertiary/aromatic N) is 4. The summed E-state index contributed by atoms with van der Waals surface area (Å²) in [5.74, 6) is 1.03. The minimum atomic E-state index is 0.0350. The number of Topliss-reactive ketones (excluding diaryl/α,β-unsaturated/α-hetero) is 1. The van der Waals surface area contributed by atoms with E-state index in [-0.39, 0.29) is 5.78 Å². The number of carbonyl (C=O) groups is 1. The highest BCUT2D eigenvalue weighted by molar-refractivity contribution is 5.94. The van der Waals surface area contributed by atoms with E-state index in [9.17, 15) is 4.79 Å². The second-order valence-electron chi connectivity index (χ2n) is 5.13. The Hall–Kier alpha value is -3.35. The minimum absolute atomic E-state index is 0.0350. The molecule has 3 aromatic rings. The molecule has 3 rings (SSSR count). The Balaban J connectivity index is 1.65. The second kappa shape index (κ2) is 7.28. The Morgan fingerprint density at radius 2 is 1.83 bits per heavy atom. The van der Waals surface area contributed by atoms with E-state index >= 15 is 0 Å². The van der Waals surface area contributed by atoms with Gasteiger partial charge in [-0.1, -0.05) is 0 Å². The lowest BCUT2D eigenvalue weighted by atomic mass is 10.1. The molecule has 1 aromatic carbocycles. The Labute approximate surface area is 139 Å². The fourth-order valence-corrected chi connectivity index (χ4v) is 2.06. The number of hydrogen-bond acceptors (Lipinski definition) is 7. The largest absolute Gasteiger partial charge is 0.349 e. The Kier molecular flexibility index (Phi) is 4.71. The topological polar surface area (TPSA) is 92.7 Å². The van der Waals surface area contributed by atoms with E-state index in [4.69, 9.17) is 0 Å². The van der Waals surface area contributed by atoms with Gasteiger partial charge < -0.3 is 10.6 Å². The maximum absolute atomic E-state index is 11.3. The van der Waals surface area contributed by atoms with Gasteiger partial charge >= 0.3 is 0 Å². The van der Waals surface area contributed by atoms with Gasteiger partial charge in [0.1, 0.15) is 0 Å². The summed E-state index contributed by atoms with van der Waals surface area (Å²) in [7, 11) is 0. The van der Waals surface area contributed by atoms with Crippen LogP contribution >= 0.6 is 0 Å². The van der Waals surface area contributed by atoms with Crippen LogP contribution in [0.25, 0.3) is 0 Å². The van der Waals surface area contributed by atoms with Crippen molar-refractivity contribution in [3.63, 3.8) is 0 Å². The molecule has 120 valence electrons. The summed E-state index contributed by atoms with van der Waals surface area (Å²) in [6.07, 6.45) is 5.01. The van der Waals surface area contributed by atoms with Crippen molar-refractivity contribution < 1.29 is 4.79 Å². The second-order valence-corrected chi connectivity index (χ2v) is 5.13. The number of nitrogens with one attached hydrogen (secondary N) is 2. The lowest BCUT2D eigenvalue weighted by molar-refractivity contribution is 0.101. The average Bonchev–Trinajstić information content (AvgIpc) is 2.62. The number of benzene rings is 1. The minimum Gasteiger partial charge on any atom is -0.349 e. The summed E-state index contributed by atoms with van der Waals surface area (Å²) in [5.41, 5.74) is 2.56. The molecule has 2 aromatic heterocycles. The van der Waals surface area contributed by atoms with Crippen LogP contribution in [0.1, 0.15) is 22.8 Å². The quantitative estimate of drug-likeness (QED) is 0.675. The normalized spacial score (nSPS) is 10.2. The van der Waals surface area contributed by atoms with E-state index in [1.807, 2.05) is 24.3 Å². The molecule has 0 radical (unpaired) electrons. The summed E-state index contributed by atoms with van der Waals surface area (Å²) >= 11 is 0. The Morgan fingerprint density at radius 1 is 1.08 bits per heavy atom.